The van der Waals surface area contributed by atoms with E-state index < -0.39 is 17.3 Å². The highest BCUT2D eigenvalue weighted by molar-refractivity contribution is 6.30. The molecule has 0 aliphatic rings. The largest absolute Gasteiger partial charge is 0.490 e. The number of aromatic nitrogens is 1. The standard InChI is InChI=1S/C22H17ClF3NO2/c23-19-6-8-20(9-7-19)29-15-21(28,18-5-2-12-27-14-18)11-10-16-3-1-4-17(13-16)22(24,25)26/h1-14,28H,15H2/b11-10+. The lowest BCUT2D eigenvalue weighted by atomic mass is 9.94. The Labute approximate surface area is 171 Å². The van der Waals surface area contributed by atoms with Crippen LogP contribution in [0, 0.1) is 0 Å². The lowest BCUT2D eigenvalue weighted by molar-refractivity contribution is -0.137. The van der Waals surface area contributed by atoms with Gasteiger partial charge in [-0.25, -0.2) is 0 Å². The summed E-state index contributed by atoms with van der Waals surface area (Å²) in [6.45, 7) is -0.171. The molecule has 0 fully saturated rings. The molecule has 3 rings (SSSR count). The van der Waals surface area contributed by atoms with Gasteiger partial charge in [0.15, 0.2) is 0 Å². The molecule has 0 amide bonds. The van der Waals surface area contributed by atoms with E-state index in [-0.39, 0.29) is 6.61 Å². The number of rotatable bonds is 6. The number of aliphatic hydroxyl groups is 1. The van der Waals surface area contributed by atoms with Crippen LogP contribution in [0.5, 0.6) is 5.75 Å². The maximum Gasteiger partial charge on any atom is 0.416 e. The smallest absolute Gasteiger partial charge is 0.416 e. The van der Waals surface area contributed by atoms with E-state index in [4.69, 9.17) is 16.3 Å². The molecule has 0 saturated heterocycles. The molecule has 2 aromatic carbocycles. The van der Waals surface area contributed by atoms with E-state index in [2.05, 4.69) is 4.98 Å². The first-order valence-electron chi connectivity index (χ1n) is 8.64. The highest BCUT2D eigenvalue weighted by atomic mass is 35.5. The Balaban J connectivity index is 1.87. The first-order chi connectivity index (χ1) is 13.8. The number of nitrogens with zero attached hydrogens (tertiary/aromatic N) is 1. The van der Waals surface area contributed by atoms with Gasteiger partial charge in [0.2, 0.25) is 0 Å². The number of pyridine rings is 1. The summed E-state index contributed by atoms with van der Waals surface area (Å²) in [7, 11) is 0. The SMILES string of the molecule is OC(/C=C/c1cccc(C(F)(F)F)c1)(COc1ccc(Cl)cc1)c1cccnc1. The third-order valence-electron chi connectivity index (χ3n) is 4.20. The van der Waals surface area contributed by atoms with Crippen molar-refractivity contribution in [1.82, 2.24) is 4.98 Å². The zero-order valence-electron chi connectivity index (χ0n) is 15.1. The van der Waals surface area contributed by atoms with Crippen LogP contribution in [0.3, 0.4) is 0 Å². The Morgan fingerprint density at radius 3 is 2.38 bits per heavy atom. The fourth-order valence-electron chi connectivity index (χ4n) is 2.62. The average molecular weight is 420 g/mol. The summed E-state index contributed by atoms with van der Waals surface area (Å²) in [5, 5.41) is 11.7. The van der Waals surface area contributed by atoms with Crippen molar-refractivity contribution >= 4 is 17.7 Å². The van der Waals surface area contributed by atoms with Gasteiger partial charge in [-0.05, 0) is 54.1 Å². The minimum Gasteiger partial charge on any atom is -0.490 e. The molecule has 0 aliphatic carbocycles. The number of halogens is 4. The summed E-state index contributed by atoms with van der Waals surface area (Å²) in [4.78, 5) is 4.00. The number of hydrogen-bond acceptors (Lipinski definition) is 3. The average Bonchev–Trinajstić information content (AvgIpc) is 2.72. The number of hydrogen-bond donors (Lipinski definition) is 1. The van der Waals surface area contributed by atoms with Crippen molar-refractivity contribution in [2.75, 3.05) is 6.61 Å². The van der Waals surface area contributed by atoms with Crippen LogP contribution < -0.4 is 4.74 Å². The van der Waals surface area contributed by atoms with Crippen LogP contribution in [-0.2, 0) is 11.8 Å². The van der Waals surface area contributed by atoms with E-state index in [1.807, 2.05) is 0 Å². The maximum absolute atomic E-state index is 12.9. The monoisotopic (exact) mass is 419 g/mol. The summed E-state index contributed by atoms with van der Waals surface area (Å²) in [5.74, 6) is 0.490. The van der Waals surface area contributed by atoms with Gasteiger partial charge in [-0.3, -0.25) is 4.98 Å². The molecule has 1 aromatic heterocycles. The molecule has 1 atom stereocenters. The summed E-state index contributed by atoms with van der Waals surface area (Å²) in [6.07, 6.45) is 1.41. The molecular formula is C22H17ClF3NO2. The maximum atomic E-state index is 12.9. The van der Waals surface area contributed by atoms with Crippen molar-refractivity contribution in [2.24, 2.45) is 0 Å². The Bertz CT molecular complexity index is 975. The van der Waals surface area contributed by atoms with Gasteiger partial charge in [0.25, 0.3) is 0 Å². The summed E-state index contributed by atoms with van der Waals surface area (Å²) in [5.41, 5.74) is -1.63. The van der Waals surface area contributed by atoms with E-state index in [1.54, 1.807) is 42.6 Å². The molecule has 3 aromatic rings. The van der Waals surface area contributed by atoms with Crippen LogP contribution in [0.4, 0.5) is 13.2 Å². The molecule has 0 radical (unpaired) electrons. The highest BCUT2D eigenvalue weighted by Crippen LogP contribution is 2.31. The molecule has 0 spiro atoms. The fraction of sp³-hybridized carbons (Fsp3) is 0.136. The van der Waals surface area contributed by atoms with Crippen LogP contribution in [0.25, 0.3) is 6.08 Å². The number of benzene rings is 2. The van der Waals surface area contributed by atoms with Crippen LogP contribution in [0.1, 0.15) is 16.7 Å². The lowest BCUT2D eigenvalue weighted by Crippen LogP contribution is -2.31. The summed E-state index contributed by atoms with van der Waals surface area (Å²) < 4.78 is 44.5. The molecule has 29 heavy (non-hydrogen) atoms. The minimum atomic E-state index is -4.44. The third kappa shape index (κ3) is 5.59. The molecule has 3 nitrogen and oxygen atoms in total. The predicted octanol–water partition coefficient (Wildman–Crippen LogP) is 5.73. The quantitative estimate of drug-likeness (QED) is 0.554. The zero-order valence-corrected chi connectivity index (χ0v) is 15.9. The van der Waals surface area contributed by atoms with Gasteiger partial charge in [-0.15, -0.1) is 0 Å². The Hall–Kier alpha value is -2.83. The Morgan fingerprint density at radius 2 is 1.72 bits per heavy atom. The second-order valence-electron chi connectivity index (χ2n) is 6.37. The first kappa shape index (κ1) is 20.9. The van der Waals surface area contributed by atoms with Gasteiger partial charge in [0, 0.05) is 23.0 Å². The molecule has 7 heteroatoms. The molecule has 0 bridgehead atoms. The molecule has 1 heterocycles. The van der Waals surface area contributed by atoms with Crippen LogP contribution in [-0.4, -0.2) is 16.7 Å². The van der Waals surface area contributed by atoms with E-state index in [0.29, 0.717) is 21.9 Å². The van der Waals surface area contributed by atoms with E-state index in [0.717, 1.165) is 12.1 Å². The highest BCUT2D eigenvalue weighted by Gasteiger charge is 2.31. The Kier molecular flexibility index (Phi) is 6.25. The Morgan fingerprint density at radius 1 is 1.00 bits per heavy atom. The van der Waals surface area contributed by atoms with E-state index in [1.165, 1.54) is 30.5 Å². The third-order valence-corrected chi connectivity index (χ3v) is 4.45. The van der Waals surface area contributed by atoms with Crippen molar-refractivity contribution in [3.8, 4) is 5.75 Å². The summed E-state index contributed by atoms with van der Waals surface area (Å²) >= 11 is 5.86. The second kappa shape index (κ2) is 8.68. The van der Waals surface area contributed by atoms with Gasteiger partial charge >= 0.3 is 6.18 Å². The minimum absolute atomic E-state index is 0.171. The van der Waals surface area contributed by atoms with Crippen molar-refractivity contribution in [3.63, 3.8) is 0 Å². The lowest BCUT2D eigenvalue weighted by Gasteiger charge is -2.25. The van der Waals surface area contributed by atoms with Crippen molar-refractivity contribution < 1.29 is 23.0 Å². The first-order valence-corrected chi connectivity index (χ1v) is 9.02. The van der Waals surface area contributed by atoms with E-state index >= 15 is 0 Å². The van der Waals surface area contributed by atoms with Gasteiger partial charge in [-0.2, -0.15) is 13.2 Å². The van der Waals surface area contributed by atoms with Gasteiger partial charge in [-0.1, -0.05) is 35.9 Å². The fourth-order valence-corrected chi connectivity index (χ4v) is 2.75. The number of ether oxygens (including phenoxy) is 1. The molecular weight excluding hydrogens is 403 g/mol. The van der Waals surface area contributed by atoms with Gasteiger partial charge in [0.05, 0.1) is 5.56 Å². The van der Waals surface area contributed by atoms with Crippen molar-refractivity contribution in [3.05, 3.63) is 101 Å². The molecule has 0 aliphatic heterocycles. The topological polar surface area (TPSA) is 42.4 Å². The van der Waals surface area contributed by atoms with Gasteiger partial charge < -0.3 is 9.84 Å². The van der Waals surface area contributed by atoms with Crippen LogP contribution in [0.15, 0.2) is 79.1 Å². The molecule has 1 unspecified atom stereocenters. The van der Waals surface area contributed by atoms with Crippen LogP contribution in [0.2, 0.25) is 5.02 Å². The number of alkyl halides is 3. The predicted molar refractivity (Wildman–Crippen MR) is 106 cm³/mol. The van der Waals surface area contributed by atoms with Gasteiger partial charge in [0.1, 0.15) is 18.0 Å². The molecule has 0 saturated carbocycles. The second-order valence-corrected chi connectivity index (χ2v) is 6.80. The van der Waals surface area contributed by atoms with E-state index in [9.17, 15) is 18.3 Å². The molecule has 150 valence electrons. The molecule has 1 N–H and O–H groups in total. The summed E-state index contributed by atoms with van der Waals surface area (Å²) in [6, 6.07) is 14.8. The van der Waals surface area contributed by atoms with Crippen molar-refractivity contribution in [1.29, 1.82) is 0 Å². The van der Waals surface area contributed by atoms with Crippen molar-refractivity contribution in [2.45, 2.75) is 11.8 Å². The normalized spacial score (nSPS) is 14.0. The zero-order chi connectivity index (χ0) is 20.9. The van der Waals surface area contributed by atoms with Crippen LogP contribution >= 0.6 is 11.6 Å².